The molecule has 1 aromatic heterocycles. The van der Waals surface area contributed by atoms with Gasteiger partial charge in [0.15, 0.2) is 11.6 Å². The minimum Gasteiger partial charge on any atom is -0.481 e. The summed E-state index contributed by atoms with van der Waals surface area (Å²) >= 11 is 0. The van der Waals surface area contributed by atoms with E-state index in [0.29, 0.717) is 11.3 Å². The summed E-state index contributed by atoms with van der Waals surface area (Å²) in [4.78, 5) is 20.6. The number of nitrogens with zero attached hydrogens (tertiary/aromatic N) is 2. The lowest BCUT2D eigenvalue weighted by Gasteiger charge is -2.10. The lowest BCUT2D eigenvalue weighted by molar-refractivity contribution is 0.104. The van der Waals surface area contributed by atoms with Crippen molar-refractivity contribution in [3.63, 3.8) is 0 Å². The van der Waals surface area contributed by atoms with Crippen molar-refractivity contribution in [1.29, 1.82) is 0 Å². The van der Waals surface area contributed by atoms with E-state index in [9.17, 15) is 13.2 Å². The highest BCUT2D eigenvalue weighted by atomic mass is 32.2. The number of carbonyl (C=O) groups excluding carboxylic acids is 1. The number of benzene rings is 3. The first kappa shape index (κ1) is 23.7. The number of methoxy groups -OCH3 is 2. The molecule has 0 saturated heterocycles. The lowest BCUT2D eigenvalue weighted by Crippen LogP contribution is -2.14. The van der Waals surface area contributed by atoms with E-state index in [2.05, 4.69) is 20.0 Å². The largest absolute Gasteiger partial charge is 0.481 e. The fourth-order valence-electron chi connectivity index (χ4n) is 3.32. The molecule has 4 aromatic rings. The molecule has 0 bridgehead atoms. The number of hydrogen-bond acceptors (Lipinski definition) is 8. The monoisotopic (exact) mass is 490 g/mol. The van der Waals surface area contributed by atoms with Gasteiger partial charge in [0.05, 0.1) is 19.1 Å². The Morgan fingerprint density at radius 2 is 1.66 bits per heavy atom. The summed E-state index contributed by atoms with van der Waals surface area (Å²) in [6, 6.07) is 20.6. The molecule has 4 rings (SSSR count). The maximum absolute atomic E-state index is 12.7. The standard InChI is InChI=1S/C25H22N4O5S/c1-33-24-16-23(27-25(28-24)34-2)29-35(31,32)19-12-10-18(11-13-19)26-15-14-22(30)21-9-5-7-17-6-3-4-8-20(17)21/h3-16,26H,1-2H3,(H,27,28,29)/b15-14+. The second-order valence-corrected chi connectivity index (χ2v) is 8.96. The number of rotatable bonds is 9. The van der Waals surface area contributed by atoms with Crippen molar-refractivity contribution in [2.75, 3.05) is 24.3 Å². The van der Waals surface area contributed by atoms with Gasteiger partial charge in [-0.3, -0.25) is 9.52 Å². The molecule has 2 N–H and O–H groups in total. The van der Waals surface area contributed by atoms with Crippen LogP contribution in [0.1, 0.15) is 10.4 Å². The number of ether oxygens (including phenoxy) is 2. The van der Waals surface area contributed by atoms with E-state index in [4.69, 9.17) is 9.47 Å². The number of hydrogen-bond donors (Lipinski definition) is 2. The zero-order chi connectivity index (χ0) is 24.8. The van der Waals surface area contributed by atoms with E-state index in [-0.39, 0.29) is 28.4 Å². The minimum absolute atomic E-state index is 0.00535. The third-order valence-electron chi connectivity index (χ3n) is 5.02. The second-order valence-electron chi connectivity index (χ2n) is 7.28. The predicted octanol–water partition coefficient (Wildman–Crippen LogP) is 4.26. The van der Waals surface area contributed by atoms with Crippen molar-refractivity contribution in [1.82, 2.24) is 9.97 Å². The summed E-state index contributed by atoms with van der Waals surface area (Å²) in [5.41, 5.74) is 1.21. The van der Waals surface area contributed by atoms with Gasteiger partial charge in [-0.05, 0) is 35.0 Å². The van der Waals surface area contributed by atoms with Crippen molar-refractivity contribution < 1.29 is 22.7 Å². The molecule has 35 heavy (non-hydrogen) atoms. The molecule has 0 fully saturated rings. The average molecular weight is 491 g/mol. The van der Waals surface area contributed by atoms with Crippen LogP contribution in [0.25, 0.3) is 10.8 Å². The molecule has 10 heteroatoms. The first-order valence-corrected chi connectivity index (χ1v) is 11.9. The third-order valence-corrected chi connectivity index (χ3v) is 6.39. The maximum atomic E-state index is 12.7. The number of anilines is 2. The summed E-state index contributed by atoms with van der Waals surface area (Å²) in [5, 5.41) is 4.85. The number of fused-ring (bicyclic) bond motifs is 1. The van der Waals surface area contributed by atoms with E-state index < -0.39 is 10.0 Å². The first-order valence-electron chi connectivity index (χ1n) is 10.4. The number of ketones is 1. The van der Waals surface area contributed by atoms with Gasteiger partial charge in [0.25, 0.3) is 10.0 Å². The highest BCUT2D eigenvalue weighted by Crippen LogP contribution is 2.22. The molecule has 178 valence electrons. The van der Waals surface area contributed by atoms with E-state index >= 15 is 0 Å². The Morgan fingerprint density at radius 1 is 0.914 bits per heavy atom. The van der Waals surface area contributed by atoms with E-state index in [1.165, 1.54) is 44.7 Å². The Morgan fingerprint density at radius 3 is 2.40 bits per heavy atom. The van der Waals surface area contributed by atoms with E-state index in [1.54, 1.807) is 18.2 Å². The fourth-order valence-corrected chi connectivity index (χ4v) is 4.31. The molecule has 3 aromatic carbocycles. The highest BCUT2D eigenvalue weighted by Gasteiger charge is 2.17. The summed E-state index contributed by atoms with van der Waals surface area (Å²) in [6.07, 6.45) is 2.95. The van der Waals surface area contributed by atoms with Crippen molar-refractivity contribution in [3.8, 4) is 11.9 Å². The van der Waals surface area contributed by atoms with Crippen LogP contribution in [0.3, 0.4) is 0 Å². The van der Waals surface area contributed by atoms with Crippen LogP contribution in [0.5, 0.6) is 11.9 Å². The van der Waals surface area contributed by atoms with Crippen molar-refractivity contribution >= 4 is 38.1 Å². The number of aromatic nitrogens is 2. The lowest BCUT2D eigenvalue weighted by atomic mass is 10.0. The van der Waals surface area contributed by atoms with Gasteiger partial charge < -0.3 is 14.8 Å². The molecule has 9 nitrogen and oxygen atoms in total. The fraction of sp³-hybridized carbons (Fsp3) is 0.0800. The van der Waals surface area contributed by atoms with Crippen molar-refractivity contribution in [2.45, 2.75) is 4.90 Å². The molecule has 0 aliphatic heterocycles. The zero-order valence-corrected chi connectivity index (χ0v) is 19.7. The SMILES string of the molecule is COc1cc(NS(=O)(=O)c2ccc(N/C=C/C(=O)c3cccc4ccccc34)cc2)nc(OC)n1. The van der Waals surface area contributed by atoms with Crippen molar-refractivity contribution in [3.05, 3.63) is 90.6 Å². The Labute approximate surface area is 202 Å². The summed E-state index contributed by atoms with van der Waals surface area (Å²) in [6.45, 7) is 0. The van der Waals surface area contributed by atoms with Crippen molar-refractivity contribution in [2.24, 2.45) is 0 Å². The summed E-state index contributed by atoms with van der Waals surface area (Å²) < 4.78 is 37.9. The predicted molar refractivity (Wildman–Crippen MR) is 133 cm³/mol. The molecule has 0 saturated carbocycles. The van der Waals surface area contributed by atoms with Crippen LogP contribution in [-0.2, 0) is 10.0 Å². The second kappa shape index (κ2) is 10.2. The van der Waals surface area contributed by atoms with Gasteiger partial charge in [-0.2, -0.15) is 9.97 Å². The van der Waals surface area contributed by atoms with Gasteiger partial charge in [0, 0.05) is 29.6 Å². The Bertz CT molecular complexity index is 1470. The molecule has 0 atom stereocenters. The zero-order valence-electron chi connectivity index (χ0n) is 18.9. The van der Waals surface area contributed by atoms with Crippen LogP contribution >= 0.6 is 0 Å². The Kier molecular flexibility index (Phi) is 6.93. The molecule has 1 heterocycles. The number of nitrogens with one attached hydrogen (secondary N) is 2. The molecule has 0 spiro atoms. The molecular formula is C25H22N4O5S. The molecule has 0 radical (unpaired) electrons. The highest BCUT2D eigenvalue weighted by molar-refractivity contribution is 7.92. The van der Waals surface area contributed by atoms with Gasteiger partial charge in [-0.15, -0.1) is 0 Å². The molecular weight excluding hydrogens is 468 g/mol. The quantitative estimate of drug-likeness (QED) is 0.264. The number of allylic oxidation sites excluding steroid dienone is 1. The third kappa shape index (κ3) is 5.56. The van der Waals surface area contributed by atoms with Gasteiger partial charge >= 0.3 is 6.01 Å². The topological polar surface area (TPSA) is 120 Å². The number of carbonyl (C=O) groups is 1. The van der Waals surface area contributed by atoms with Crippen LogP contribution in [0.15, 0.2) is 90.0 Å². The van der Waals surface area contributed by atoms with Gasteiger partial charge in [-0.25, -0.2) is 8.42 Å². The van der Waals surface area contributed by atoms with Gasteiger partial charge in [-0.1, -0.05) is 42.5 Å². The van der Waals surface area contributed by atoms with Crippen LogP contribution in [0, 0.1) is 0 Å². The molecule has 0 unspecified atom stereocenters. The normalized spacial score (nSPS) is 11.4. The van der Waals surface area contributed by atoms with E-state index in [1.807, 2.05) is 36.4 Å². The smallest absolute Gasteiger partial charge is 0.321 e. The van der Waals surface area contributed by atoms with Gasteiger partial charge in [0.2, 0.25) is 5.88 Å². The average Bonchev–Trinajstić information content (AvgIpc) is 2.88. The van der Waals surface area contributed by atoms with Crippen LogP contribution in [0.4, 0.5) is 11.5 Å². The number of sulfonamides is 1. The first-order chi connectivity index (χ1) is 16.9. The molecule has 0 aliphatic carbocycles. The summed E-state index contributed by atoms with van der Waals surface area (Å²) in [7, 11) is -1.16. The molecule has 0 aliphatic rings. The van der Waals surface area contributed by atoms with Crippen LogP contribution in [-0.4, -0.2) is 38.4 Å². The Hall–Kier alpha value is -4.44. The van der Waals surface area contributed by atoms with E-state index in [0.717, 1.165) is 10.8 Å². The van der Waals surface area contributed by atoms with Crippen LogP contribution < -0.4 is 19.5 Å². The van der Waals surface area contributed by atoms with Crippen LogP contribution in [0.2, 0.25) is 0 Å². The summed E-state index contributed by atoms with van der Waals surface area (Å²) in [5.74, 6) is 0.0121. The maximum Gasteiger partial charge on any atom is 0.321 e. The van der Waals surface area contributed by atoms with Gasteiger partial charge in [0.1, 0.15) is 0 Å². The Balaban J connectivity index is 1.44. The minimum atomic E-state index is -3.92. The molecule has 0 amide bonds.